The first kappa shape index (κ1) is 66.1. The number of hydrogen-bond acceptors (Lipinski definition) is 2. The molecule has 0 unspecified atom stereocenters. The third-order valence-corrected chi connectivity index (χ3v) is 23.5. The fourth-order valence-corrected chi connectivity index (χ4v) is 18.5. The van der Waals surface area contributed by atoms with Crippen LogP contribution in [0, 0.1) is 0 Å². The quantitative estimate of drug-likeness (QED) is 0.149. The summed E-state index contributed by atoms with van der Waals surface area (Å²) in [6, 6.07) is 153. The Kier molecular flexibility index (Phi) is 16.0. The first-order chi connectivity index (χ1) is 56.6. The Hall–Kier alpha value is -15.0. The van der Waals surface area contributed by atoms with Crippen LogP contribution in [0.25, 0.3) is 229 Å². The van der Waals surface area contributed by atoms with E-state index >= 15 is 0 Å². The zero-order valence-corrected chi connectivity index (χ0v) is 62.2. The number of benzene rings is 22. The van der Waals surface area contributed by atoms with Gasteiger partial charge in [0.1, 0.15) is 22.3 Å². The molecule has 0 N–H and O–H groups in total. The average molecular weight is 1450 g/mol. The summed E-state index contributed by atoms with van der Waals surface area (Å²) in [6.07, 6.45) is 0. The van der Waals surface area contributed by atoms with E-state index in [-0.39, 0.29) is 0 Å². The van der Waals surface area contributed by atoms with E-state index in [4.69, 9.17) is 8.83 Å². The number of furan rings is 2. The largest absolute Gasteiger partial charge is 0.456 e. The minimum absolute atomic E-state index is 0.914. The molecule has 2 heteroatoms. The molecule has 2 nitrogen and oxygen atoms in total. The lowest BCUT2D eigenvalue weighted by Gasteiger charge is -2.19. The van der Waals surface area contributed by atoms with Crippen molar-refractivity contribution in [3.63, 3.8) is 0 Å². The second kappa shape index (κ2) is 27.6. The fourth-order valence-electron chi connectivity index (χ4n) is 18.5. The molecule has 0 bridgehead atoms. The van der Waals surface area contributed by atoms with Gasteiger partial charge in [-0.05, 0) is 229 Å². The molecule has 0 aliphatic carbocycles. The van der Waals surface area contributed by atoms with Gasteiger partial charge >= 0.3 is 0 Å². The summed E-state index contributed by atoms with van der Waals surface area (Å²) >= 11 is 0. The molecule has 0 atom stereocenters. The van der Waals surface area contributed by atoms with E-state index < -0.39 is 0 Å². The van der Waals surface area contributed by atoms with Gasteiger partial charge in [0.25, 0.3) is 0 Å². The topological polar surface area (TPSA) is 26.3 Å². The lowest BCUT2D eigenvalue weighted by molar-refractivity contribution is 0.669. The summed E-state index contributed by atoms with van der Waals surface area (Å²) in [5, 5.41) is 29.7. The summed E-state index contributed by atoms with van der Waals surface area (Å²) in [5.74, 6) is 0. The normalized spacial score (nSPS) is 11.7. The molecular formula is C112H70O2. The van der Waals surface area contributed by atoms with E-state index in [0.717, 1.165) is 49.3 Å². The molecular weight excluding hydrogens is 1380 g/mol. The number of rotatable bonds is 7. The third kappa shape index (κ3) is 11.1. The predicted octanol–water partition coefficient (Wildman–Crippen LogP) is 32.1. The molecule has 0 saturated carbocycles. The maximum absolute atomic E-state index is 6.60. The highest BCUT2D eigenvalue weighted by atomic mass is 16.3. The molecule has 24 aromatic rings. The van der Waals surface area contributed by atoms with Crippen molar-refractivity contribution in [1.82, 2.24) is 0 Å². The second-order valence-corrected chi connectivity index (χ2v) is 29.9. The Morgan fingerprint density at radius 1 is 0.132 bits per heavy atom. The van der Waals surface area contributed by atoms with Crippen LogP contribution < -0.4 is 0 Å². The summed E-state index contributed by atoms with van der Waals surface area (Å²) < 4.78 is 12.9. The van der Waals surface area contributed by atoms with Gasteiger partial charge < -0.3 is 8.83 Å². The van der Waals surface area contributed by atoms with Crippen LogP contribution in [0.5, 0.6) is 0 Å². The van der Waals surface area contributed by atoms with Gasteiger partial charge in [-0.2, -0.15) is 0 Å². The highest BCUT2D eigenvalue weighted by Crippen LogP contribution is 2.51. The van der Waals surface area contributed by atoms with Crippen molar-refractivity contribution in [3.8, 4) is 77.9 Å². The fraction of sp³-hybridized carbons (Fsp3) is 0. The molecule has 0 aliphatic rings. The molecule has 0 fully saturated rings. The van der Waals surface area contributed by atoms with Crippen molar-refractivity contribution in [1.29, 1.82) is 0 Å². The minimum Gasteiger partial charge on any atom is -0.456 e. The zero-order valence-electron chi connectivity index (χ0n) is 62.2. The Labute approximate surface area is 658 Å². The lowest BCUT2D eigenvalue weighted by Crippen LogP contribution is -1.91. The molecule has 2 heterocycles. The summed E-state index contributed by atoms with van der Waals surface area (Å²) in [5.41, 5.74) is 21.3. The van der Waals surface area contributed by atoms with Crippen molar-refractivity contribution < 1.29 is 8.83 Å². The smallest absolute Gasteiger partial charge is 0.143 e. The van der Waals surface area contributed by atoms with Gasteiger partial charge in [-0.1, -0.05) is 376 Å². The first-order valence-corrected chi connectivity index (χ1v) is 39.3. The van der Waals surface area contributed by atoms with E-state index in [1.165, 1.54) is 180 Å². The van der Waals surface area contributed by atoms with Gasteiger partial charge in [-0.3, -0.25) is 0 Å². The van der Waals surface area contributed by atoms with Crippen molar-refractivity contribution in [2.75, 3.05) is 0 Å². The van der Waals surface area contributed by atoms with Crippen LogP contribution in [0.4, 0.5) is 0 Å². The summed E-state index contributed by atoms with van der Waals surface area (Å²) in [4.78, 5) is 0. The van der Waals surface area contributed by atoms with Crippen LogP contribution in [0.1, 0.15) is 0 Å². The SMILES string of the molecule is c1ccc(-c2c3ccccc3c(-c3ccc4oc5cc6ccccc6cc5c4c3)c3ccccc23)cc1.c1ccc(-c2cccc(-c3c4ccccc4c(-c4cccc5oc6c7ccccc7ccc6c45)c4ccccc34)c2)cc1.c1ccc2cc(-c3c4ccccc4c(-c4cccc5ccccc45)c4ccccc34)ccc2c1. The van der Waals surface area contributed by atoms with E-state index in [9.17, 15) is 0 Å². The molecule has 0 spiro atoms. The van der Waals surface area contributed by atoms with Crippen LogP contribution in [-0.4, -0.2) is 0 Å². The minimum atomic E-state index is 0.914. The maximum Gasteiger partial charge on any atom is 0.143 e. The van der Waals surface area contributed by atoms with Gasteiger partial charge in [0.2, 0.25) is 0 Å². The summed E-state index contributed by atoms with van der Waals surface area (Å²) in [6.45, 7) is 0. The van der Waals surface area contributed by atoms with Gasteiger partial charge in [0, 0.05) is 26.9 Å². The zero-order chi connectivity index (χ0) is 75.2. The monoisotopic (exact) mass is 1450 g/mol. The molecule has 530 valence electrons. The van der Waals surface area contributed by atoms with Crippen LogP contribution in [-0.2, 0) is 0 Å². The van der Waals surface area contributed by atoms with Crippen molar-refractivity contribution in [3.05, 3.63) is 425 Å². The average Bonchev–Trinajstić information content (AvgIpc) is 1.44. The molecule has 114 heavy (non-hydrogen) atoms. The predicted molar refractivity (Wildman–Crippen MR) is 487 cm³/mol. The first-order valence-electron chi connectivity index (χ1n) is 39.3. The molecule has 0 aliphatic heterocycles. The van der Waals surface area contributed by atoms with Gasteiger partial charge in [0.05, 0.1) is 0 Å². The van der Waals surface area contributed by atoms with Crippen molar-refractivity contribution >= 4 is 152 Å². The highest BCUT2D eigenvalue weighted by Gasteiger charge is 2.24. The van der Waals surface area contributed by atoms with Gasteiger partial charge in [-0.15, -0.1) is 0 Å². The highest BCUT2D eigenvalue weighted by molar-refractivity contribution is 6.29. The van der Waals surface area contributed by atoms with Crippen molar-refractivity contribution in [2.24, 2.45) is 0 Å². The Balaban J connectivity index is 0.000000105. The number of fused-ring (bicyclic) bond motifs is 17. The van der Waals surface area contributed by atoms with E-state index in [0.29, 0.717) is 0 Å². The summed E-state index contributed by atoms with van der Waals surface area (Å²) in [7, 11) is 0. The van der Waals surface area contributed by atoms with Crippen LogP contribution in [0.15, 0.2) is 433 Å². The van der Waals surface area contributed by atoms with Crippen molar-refractivity contribution in [2.45, 2.75) is 0 Å². The Morgan fingerprint density at radius 3 is 1.04 bits per heavy atom. The molecule has 22 aromatic carbocycles. The third-order valence-electron chi connectivity index (χ3n) is 23.5. The second-order valence-electron chi connectivity index (χ2n) is 29.9. The van der Waals surface area contributed by atoms with E-state index in [2.05, 4.69) is 425 Å². The molecule has 24 rings (SSSR count). The number of hydrogen-bond donors (Lipinski definition) is 0. The Morgan fingerprint density at radius 2 is 0.482 bits per heavy atom. The van der Waals surface area contributed by atoms with Crippen LogP contribution in [0.3, 0.4) is 0 Å². The van der Waals surface area contributed by atoms with Crippen LogP contribution in [0.2, 0.25) is 0 Å². The molecule has 0 amide bonds. The molecule has 0 radical (unpaired) electrons. The lowest BCUT2D eigenvalue weighted by atomic mass is 9.84. The van der Waals surface area contributed by atoms with Crippen LogP contribution >= 0.6 is 0 Å². The Bertz CT molecular complexity index is 7800. The molecule has 0 saturated heterocycles. The standard InChI is InChI=1S/C42H26O.C36H22O.C34H22/c1-2-12-27(13-3-1)29-15-10-16-30(26-29)39-32-18-6-8-20-34(32)40(35-21-9-7-19-33(35)39)36-22-11-23-38-41(36)37-25-24-28-14-4-5-17-31(28)42(37)43-38;1-2-10-23(11-3-1)35-27-14-6-8-16-29(27)36(30-17-9-7-15-28(30)35)26-18-19-33-31(21-26)32-20-24-12-4-5-13-25(24)22-34(32)37-33;1-2-12-25-22-26(21-20-23(25)10-1)33-29-15-5-7-17-31(29)34(32-18-8-6-16-30(32)33)28-19-9-13-24-11-3-4-14-27(24)28/h1-26H;1-22H;1-22H. The van der Waals surface area contributed by atoms with Gasteiger partial charge in [0.15, 0.2) is 0 Å². The maximum atomic E-state index is 6.60. The molecule has 2 aromatic heterocycles. The van der Waals surface area contributed by atoms with E-state index in [1.807, 2.05) is 0 Å². The van der Waals surface area contributed by atoms with Gasteiger partial charge in [-0.25, -0.2) is 0 Å². The van der Waals surface area contributed by atoms with E-state index in [1.54, 1.807) is 0 Å².